The van der Waals surface area contributed by atoms with Crippen molar-refractivity contribution in [1.82, 2.24) is 9.78 Å². The number of hydrogen-bond donors (Lipinski definition) is 0. The predicted molar refractivity (Wildman–Crippen MR) is 81.3 cm³/mol. The lowest BCUT2D eigenvalue weighted by atomic mass is 10.0. The van der Waals surface area contributed by atoms with Gasteiger partial charge in [-0.2, -0.15) is 9.78 Å². The summed E-state index contributed by atoms with van der Waals surface area (Å²) in [7, 11) is 0. The zero-order valence-corrected chi connectivity index (χ0v) is 13.6. The van der Waals surface area contributed by atoms with E-state index in [1.54, 1.807) is 6.20 Å². The van der Waals surface area contributed by atoms with E-state index in [4.69, 9.17) is 9.47 Å². The van der Waals surface area contributed by atoms with Gasteiger partial charge in [0.25, 0.3) is 0 Å². The Labute approximate surface area is 131 Å². The van der Waals surface area contributed by atoms with Crippen LogP contribution in [0.3, 0.4) is 0 Å². The molecule has 1 aliphatic rings. The molecule has 0 atom stereocenters. The molecular weight excluding hydrogens is 336 g/mol. The molecule has 2 heterocycles. The second-order valence-corrected chi connectivity index (χ2v) is 6.76. The van der Waals surface area contributed by atoms with Crippen LogP contribution in [0.2, 0.25) is 0 Å². The first-order valence-electron chi connectivity index (χ1n) is 6.58. The number of carbonyl (C=O) groups is 1. The van der Waals surface area contributed by atoms with Gasteiger partial charge in [-0.15, -0.1) is 0 Å². The quantitative estimate of drug-likeness (QED) is 0.720. The Balaban J connectivity index is 2.07. The molecular formula is C15H15BrN2O3. The van der Waals surface area contributed by atoms with Gasteiger partial charge in [0.2, 0.25) is 0 Å². The molecule has 0 N–H and O–H groups in total. The Kier molecular flexibility index (Phi) is 3.28. The van der Waals surface area contributed by atoms with E-state index in [2.05, 4.69) is 21.0 Å². The third-order valence-corrected chi connectivity index (χ3v) is 3.49. The largest absolute Gasteiger partial charge is 0.488 e. The second-order valence-electron chi connectivity index (χ2n) is 5.84. The third-order valence-electron chi connectivity index (χ3n) is 2.99. The van der Waals surface area contributed by atoms with Crippen molar-refractivity contribution in [3.63, 3.8) is 0 Å². The number of benzene rings is 1. The normalized spacial score (nSPS) is 13.1. The van der Waals surface area contributed by atoms with Crippen molar-refractivity contribution in [3.8, 4) is 17.0 Å². The van der Waals surface area contributed by atoms with Crippen LogP contribution in [-0.2, 0) is 11.3 Å². The van der Waals surface area contributed by atoms with Crippen molar-refractivity contribution in [2.45, 2.75) is 33.0 Å². The van der Waals surface area contributed by atoms with Crippen molar-refractivity contribution in [2.24, 2.45) is 0 Å². The molecule has 1 aliphatic heterocycles. The minimum atomic E-state index is -0.566. The SMILES string of the molecule is CC(C)(C)OC(=O)n1ncc2c1-c1ccc(Br)cc1OC2. The molecule has 0 aliphatic carbocycles. The highest BCUT2D eigenvalue weighted by molar-refractivity contribution is 9.10. The lowest BCUT2D eigenvalue weighted by Crippen LogP contribution is -2.28. The zero-order chi connectivity index (χ0) is 15.2. The third kappa shape index (κ3) is 2.68. The van der Waals surface area contributed by atoms with Crippen molar-refractivity contribution in [1.29, 1.82) is 0 Å². The van der Waals surface area contributed by atoms with Crippen LogP contribution in [0.1, 0.15) is 26.3 Å². The number of rotatable bonds is 0. The predicted octanol–water partition coefficient (Wildman–Crippen LogP) is 3.99. The monoisotopic (exact) mass is 350 g/mol. The Bertz CT molecular complexity index is 716. The number of carbonyl (C=O) groups excluding carboxylic acids is 1. The van der Waals surface area contributed by atoms with E-state index < -0.39 is 11.7 Å². The number of fused-ring (bicyclic) bond motifs is 3. The van der Waals surface area contributed by atoms with E-state index in [-0.39, 0.29) is 0 Å². The van der Waals surface area contributed by atoms with Crippen LogP contribution in [0.15, 0.2) is 28.9 Å². The lowest BCUT2D eigenvalue weighted by Gasteiger charge is -2.22. The van der Waals surface area contributed by atoms with E-state index in [0.29, 0.717) is 6.61 Å². The maximum atomic E-state index is 12.3. The van der Waals surface area contributed by atoms with E-state index in [1.165, 1.54) is 4.68 Å². The molecule has 1 aromatic carbocycles. The van der Waals surface area contributed by atoms with Gasteiger partial charge in [0.15, 0.2) is 0 Å². The fourth-order valence-electron chi connectivity index (χ4n) is 2.19. The molecule has 1 aromatic heterocycles. The molecule has 5 nitrogen and oxygen atoms in total. The van der Waals surface area contributed by atoms with Gasteiger partial charge in [-0.3, -0.25) is 0 Å². The van der Waals surface area contributed by atoms with Crippen LogP contribution in [0.4, 0.5) is 4.79 Å². The summed E-state index contributed by atoms with van der Waals surface area (Å²) < 4.78 is 13.3. The van der Waals surface area contributed by atoms with Gasteiger partial charge in [0, 0.05) is 15.6 Å². The summed E-state index contributed by atoms with van der Waals surface area (Å²) in [5, 5.41) is 4.15. The van der Waals surface area contributed by atoms with E-state index in [1.807, 2.05) is 39.0 Å². The molecule has 0 spiro atoms. The molecule has 0 unspecified atom stereocenters. The van der Waals surface area contributed by atoms with Crippen molar-refractivity contribution >= 4 is 22.0 Å². The molecule has 0 saturated carbocycles. The molecule has 0 saturated heterocycles. The second kappa shape index (κ2) is 4.87. The Hall–Kier alpha value is -1.82. The van der Waals surface area contributed by atoms with Crippen LogP contribution in [0.5, 0.6) is 5.75 Å². The zero-order valence-electron chi connectivity index (χ0n) is 12.0. The highest BCUT2D eigenvalue weighted by Crippen LogP contribution is 2.39. The van der Waals surface area contributed by atoms with Gasteiger partial charge in [-0.1, -0.05) is 15.9 Å². The summed E-state index contributed by atoms with van der Waals surface area (Å²) in [6.45, 7) is 5.88. The van der Waals surface area contributed by atoms with Gasteiger partial charge in [0.05, 0.1) is 11.9 Å². The van der Waals surface area contributed by atoms with Gasteiger partial charge < -0.3 is 9.47 Å². The van der Waals surface area contributed by atoms with Gasteiger partial charge in [-0.25, -0.2) is 4.79 Å². The van der Waals surface area contributed by atoms with Crippen LogP contribution in [-0.4, -0.2) is 21.5 Å². The fourth-order valence-corrected chi connectivity index (χ4v) is 2.53. The van der Waals surface area contributed by atoms with Crippen molar-refractivity contribution < 1.29 is 14.3 Å². The van der Waals surface area contributed by atoms with Crippen molar-refractivity contribution in [2.75, 3.05) is 0 Å². The summed E-state index contributed by atoms with van der Waals surface area (Å²) in [6.07, 6.45) is 1.16. The highest BCUT2D eigenvalue weighted by atomic mass is 79.9. The summed E-state index contributed by atoms with van der Waals surface area (Å²) in [4.78, 5) is 12.3. The average molecular weight is 351 g/mol. The van der Waals surface area contributed by atoms with Crippen LogP contribution >= 0.6 is 15.9 Å². The Morgan fingerprint density at radius 1 is 1.43 bits per heavy atom. The van der Waals surface area contributed by atoms with Gasteiger partial charge >= 0.3 is 6.09 Å². The fraction of sp³-hybridized carbons (Fsp3) is 0.333. The number of halogens is 1. The Morgan fingerprint density at radius 3 is 2.90 bits per heavy atom. The molecule has 0 bridgehead atoms. The number of ether oxygens (including phenoxy) is 2. The summed E-state index contributed by atoms with van der Waals surface area (Å²) in [5.74, 6) is 0.724. The van der Waals surface area contributed by atoms with Gasteiger partial charge in [0.1, 0.15) is 18.0 Å². The number of hydrogen-bond acceptors (Lipinski definition) is 4. The molecule has 0 fully saturated rings. The first-order valence-corrected chi connectivity index (χ1v) is 7.37. The maximum Gasteiger partial charge on any atom is 0.435 e. The molecule has 21 heavy (non-hydrogen) atoms. The van der Waals surface area contributed by atoms with E-state index in [0.717, 1.165) is 27.0 Å². The molecule has 6 heteroatoms. The first kappa shape index (κ1) is 14.1. The molecule has 0 radical (unpaired) electrons. The summed E-state index contributed by atoms with van der Waals surface area (Å²) >= 11 is 3.41. The van der Waals surface area contributed by atoms with Crippen LogP contribution in [0, 0.1) is 0 Å². The smallest absolute Gasteiger partial charge is 0.435 e. The molecule has 2 aromatic rings. The molecule has 110 valence electrons. The first-order chi connectivity index (χ1) is 9.85. The molecule has 3 rings (SSSR count). The summed E-state index contributed by atoms with van der Waals surface area (Å²) in [6, 6.07) is 5.69. The van der Waals surface area contributed by atoms with Crippen molar-refractivity contribution in [3.05, 3.63) is 34.4 Å². The topological polar surface area (TPSA) is 53.4 Å². The number of aromatic nitrogens is 2. The minimum Gasteiger partial charge on any atom is -0.488 e. The van der Waals surface area contributed by atoms with Crippen LogP contribution in [0.25, 0.3) is 11.3 Å². The standard InChI is InChI=1S/C15H15BrN2O3/c1-15(2,3)21-14(19)18-13-9(7-17-18)8-20-12-6-10(16)4-5-11(12)13/h4-7H,8H2,1-3H3. The molecule has 0 amide bonds. The lowest BCUT2D eigenvalue weighted by molar-refractivity contribution is 0.0517. The Morgan fingerprint density at radius 2 is 2.19 bits per heavy atom. The van der Waals surface area contributed by atoms with E-state index >= 15 is 0 Å². The van der Waals surface area contributed by atoms with Crippen LogP contribution < -0.4 is 4.74 Å². The van der Waals surface area contributed by atoms with Gasteiger partial charge in [-0.05, 0) is 39.0 Å². The maximum absolute atomic E-state index is 12.3. The number of nitrogens with zero attached hydrogens (tertiary/aromatic N) is 2. The minimum absolute atomic E-state index is 0.390. The summed E-state index contributed by atoms with van der Waals surface area (Å²) in [5.41, 5.74) is 1.88. The highest BCUT2D eigenvalue weighted by Gasteiger charge is 2.27. The average Bonchev–Trinajstić information content (AvgIpc) is 2.80. The van der Waals surface area contributed by atoms with E-state index in [9.17, 15) is 4.79 Å².